The summed E-state index contributed by atoms with van der Waals surface area (Å²) in [5.41, 5.74) is 0.0922. The van der Waals surface area contributed by atoms with Crippen LogP contribution in [-0.4, -0.2) is 34.3 Å². The van der Waals surface area contributed by atoms with Crippen LogP contribution >= 0.6 is 15.9 Å². The van der Waals surface area contributed by atoms with Crippen molar-refractivity contribution in [3.63, 3.8) is 0 Å². The summed E-state index contributed by atoms with van der Waals surface area (Å²) >= 11 is 3.17. The first-order valence-electron chi connectivity index (χ1n) is 5.54. The van der Waals surface area contributed by atoms with E-state index in [-0.39, 0.29) is 23.5 Å². The minimum absolute atomic E-state index is 0.0922. The fraction of sp³-hybridized carbons (Fsp3) is 0.600. The molecule has 0 aromatic carbocycles. The molecule has 18 heavy (non-hydrogen) atoms. The quantitative estimate of drug-likeness (QED) is 0.899. The van der Waals surface area contributed by atoms with Crippen molar-refractivity contribution in [2.75, 3.05) is 6.61 Å². The monoisotopic (exact) mass is 321 g/mol. The first kappa shape index (κ1) is 11.9. The third kappa shape index (κ3) is 2.09. The third-order valence-electron chi connectivity index (χ3n) is 2.78. The van der Waals surface area contributed by atoms with Crippen molar-refractivity contribution in [2.24, 2.45) is 0 Å². The Bertz CT molecular complexity index is 513. The number of amides is 1. The molecule has 1 aromatic heterocycles. The molecule has 0 atom stereocenters. The van der Waals surface area contributed by atoms with E-state index in [1.165, 1.54) is 0 Å². The van der Waals surface area contributed by atoms with Crippen LogP contribution in [0.3, 0.4) is 0 Å². The highest BCUT2D eigenvalue weighted by Gasteiger charge is 2.39. The standard InChI is InChI=1S/C10H10BrF2N3O2/c11-6-7(8(17)14-5-1-2-5)15-16-3-10(12,13)4-18-9(6)16/h5H,1-4H2,(H,14,17). The van der Waals surface area contributed by atoms with Gasteiger partial charge in [0.1, 0.15) is 11.0 Å². The van der Waals surface area contributed by atoms with Gasteiger partial charge in [-0.2, -0.15) is 5.10 Å². The summed E-state index contributed by atoms with van der Waals surface area (Å²) in [6.07, 6.45) is 1.90. The predicted octanol–water partition coefficient (Wildman–Crippen LogP) is 1.57. The van der Waals surface area contributed by atoms with E-state index < -0.39 is 19.1 Å². The normalized spacial score (nSPS) is 21.1. The molecule has 0 bridgehead atoms. The maximum Gasteiger partial charge on any atom is 0.300 e. The van der Waals surface area contributed by atoms with Crippen molar-refractivity contribution < 1.29 is 18.3 Å². The van der Waals surface area contributed by atoms with Crippen LogP contribution in [0, 0.1) is 0 Å². The fourth-order valence-corrected chi connectivity index (χ4v) is 2.31. The molecule has 2 heterocycles. The molecule has 2 aliphatic rings. The average molecular weight is 322 g/mol. The Kier molecular flexibility index (Phi) is 2.58. The number of carbonyl (C=O) groups excluding carboxylic acids is 1. The fourth-order valence-electron chi connectivity index (χ4n) is 1.73. The summed E-state index contributed by atoms with van der Waals surface area (Å²) in [4.78, 5) is 11.8. The molecule has 3 rings (SSSR count). The first-order valence-corrected chi connectivity index (χ1v) is 6.33. The molecule has 0 saturated heterocycles. The van der Waals surface area contributed by atoms with Gasteiger partial charge in [0, 0.05) is 6.04 Å². The van der Waals surface area contributed by atoms with Crippen molar-refractivity contribution in [1.82, 2.24) is 15.1 Å². The molecule has 0 spiro atoms. The second-order valence-electron chi connectivity index (χ2n) is 4.52. The molecule has 1 fully saturated rings. The van der Waals surface area contributed by atoms with E-state index in [0.29, 0.717) is 4.47 Å². The zero-order valence-electron chi connectivity index (χ0n) is 9.25. The molecule has 1 aliphatic carbocycles. The Hall–Kier alpha value is -1.18. The highest BCUT2D eigenvalue weighted by atomic mass is 79.9. The van der Waals surface area contributed by atoms with E-state index in [0.717, 1.165) is 17.5 Å². The number of halogens is 3. The number of nitrogens with zero attached hydrogens (tertiary/aromatic N) is 2. The predicted molar refractivity (Wildman–Crippen MR) is 60.9 cm³/mol. The van der Waals surface area contributed by atoms with Crippen molar-refractivity contribution in [2.45, 2.75) is 31.4 Å². The van der Waals surface area contributed by atoms with E-state index in [1.807, 2.05) is 0 Å². The van der Waals surface area contributed by atoms with E-state index in [4.69, 9.17) is 4.74 Å². The summed E-state index contributed by atoms with van der Waals surface area (Å²) < 4.78 is 32.6. The maximum atomic E-state index is 13.1. The van der Waals surface area contributed by atoms with Gasteiger partial charge in [0.05, 0.1) is 0 Å². The summed E-state index contributed by atoms with van der Waals surface area (Å²) in [5.74, 6) is -3.14. The van der Waals surface area contributed by atoms with Crippen LogP contribution < -0.4 is 10.1 Å². The molecular formula is C10H10BrF2N3O2. The van der Waals surface area contributed by atoms with Crippen molar-refractivity contribution >= 4 is 21.8 Å². The topological polar surface area (TPSA) is 56.2 Å². The molecule has 0 unspecified atom stereocenters. The van der Waals surface area contributed by atoms with E-state index in [2.05, 4.69) is 26.3 Å². The van der Waals surface area contributed by atoms with Crippen molar-refractivity contribution in [3.05, 3.63) is 10.2 Å². The highest BCUT2D eigenvalue weighted by Crippen LogP contribution is 2.35. The largest absolute Gasteiger partial charge is 0.471 e. The van der Waals surface area contributed by atoms with Gasteiger partial charge in [0.15, 0.2) is 12.3 Å². The highest BCUT2D eigenvalue weighted by molar-refractivity contribution is 9.10. The lowest BCUT2D eigenvalue weighted by molar-refractivity contribution is -0.0798. The number of alkyl halides is 2. The van der Waals surface area contributed by atoms with Gasteiger partial charge >= 0.3 is 5.92 Å². The number of aromatic nitrogens is 2. The Morgan fingerprint density at radius 2 is 2.28 bits per heavy atom. The summed E-state index contributed by atoms with van der Waals surface area (Å²) in [6.45, 7) is -1.27. The Morgan fingerprint density at radius 1 is 1.56 bits per heavy atom. The lowest BCUT2D eigenvalue weighted by Gasteiger charge is -2.23. The Balaban J connectivity index is 1.88. The van der Waals surface area contributed by atoms with Crippen molar-refractivity contribution in [1.29, 1.82) is 0 Å². The lowest BCUT2D eigenvalue weighted by Crippen LogP contribution is -2.36. The van der Waals surface area contributed by atoms with Gasteiger partial charge in [-0.1, -0.05) is 0 Å². The van der Waals surface area contributed by atoms with Gasteiger partial charge < -0.3 is 10.1 Å². The minimum atomic E-state index is -2.96. The van der Waals surface area contributed by atoms with Crippen LogP contribution in [0.1, 0.15) is 23.3 Å². The Morgan fingerprint density at radius 3 is 2.94 bits per heavy atom. The van der Waals surface area contributed by atoms with Gasteiger partial charge in [0.25, 0.3) is 5.91 Å². The van der Waals surface area contributed by atoms with Crippen LogP contribution in [0.15, 0.2) is 4.47 Å². The van der Waals surface area contributed by atoms with Gasteiger partial charge in [0.2, 0.25) is 5.88 Å². The molecule has 8 heteroatoms. The van der Waals surface area contributed by atoms with Crippen LogP contribution in [0.5, 0.6) is 5.88 Å². The van der Waals surface area contributed by atoms with Gasteiger partial charge in [-0.3, -0.25) is 4.79 Å². The second kappa shape index (κ2) is 3.91. The number of fused-ring (bicyclic) bond motifs is 1. The molecule has 1 aliphatic heterocycles. The number of ether oxygens (including phenoxy) is 1. The first-order chi connectivity index (χ1) is 8.46. The van der Waals surface area contributed by atoms with Crippen LogP contribution in [0.4, 0.5) is 8.78 Å². The average Bonchev–Trinajstić information content (AvgIpc) is 3.02. The molecule has 5 nitrogen and oxygen atoms in total. The summed E-state index contributed by atoms with van der Waals surface area (Å²) in [5, 5.41) is 6.63. The number of nitrogens with one attached hydrogen (secondary N) is 1. The molecule has 1 N–H and O–H groups in total. The van der Waals surface area contributed by atoms with Gasteiger partial charge in [-0.05, 0) is 28.8 Å². The van der Waals surface area contributed by atoms with E-state index >= 15 is 0 Å². The summed E-state index contributed by atoms with van der Waals surface area (Å²) in [7, 11) is 0. The van der Waals surface area contributed by atoms with Gasteiger partial charge in [-0.25, -0.2) is 13.5 Å². The lowest BCUT2D eigenvalue weighted by atomic mass is 10.3. The van der Waals surface area contributed by atoms with Gasteiger partial charge in [-0.15, -0.1) is 0 Å². The number of hydrogen-bond acceptors (Lipinski definition) is 3. The van der Waals surface area contributed by atoms with E-state index in [1.54, 1.807) is 0 Å². The third-order valence-corrected chi connectivity index (χ3v) is 3.49. The molecule has 98 valence electrons. The second-order valence-corrected chi connectivity index (χ2v) is 5.31. The Labute approximate surface area is 110 Å². The summed E-state index contributed by atoms with van der Waals surface area (Å²) in [6, 6.07) is 0.186. The molecule has 1 amide bonds. The number of hydrogen-bond donors (Lipinski definition) is 1. The smallest absolute Gasteiger partial charge is 0.300 e. The molecule has 0 radical (unpaired) electrons. The van der Waals surface area contributed by atoms with Crippen LogP contribution in [0.25, 0.3) is 0 Å². The van der Waals surface area contributed by atoms with Crippen LogP contribution in [0.2, 0.25) is 0 Å². The molecular weight excluding hydrogens is 312 g/mol. The van der Waals surface area contributed by atoms with E-state index in [9.17, 15) is 13.6 Å². The maximum absolute atomic E-state index is 13.1. The van der Waals surface area contributed by atoms with Crippen molar-refractivity contribution in [3.8, 4) is 5.88 Å². The minimum Gasteiger partial charge on any atom is -0.471 e. The zero-order chi connectivity index (χ0) is 12.9. The molecule has 1 saturated carbocycles. The zero-order valence-corrected chi connectivity index (χ0v) is 10.8. The number of carbonyl (C=O) groups is 1. The SMILES string of the molecule is O=C(NC1CC1)c1nn2c(c1Br)OCC(F)(F)C2. The number of rotatable bonds is 2. The van der Waals surface area contributed by atoms with Crippen LogP contribution in [-0.2, 0) is 6.54 Å². The molecule has 1 aromatic rings.